The van der Waals surface area contributed by atoms with Crippen LogP contribution in [0.1, 0.15) is 25.7 Å². The van der Waals surface area contributed by atoms with Crippen LogP contribution in [0.5, 0.6) is 0 Å². The van der Waals surface area contributed by atoms with Gasteiger partial charge in [0.25, 0.3) is 0 Å². The Labute approximate surface area is 143 Å². The molecule has 0 amide bonds. The lowest BCUT2D eigenvalue weighted by atomic mass is 10.1. The fraction of sp³-hybridized carbons (Fsp3) is 0.588. The number of fused-ring (bicyclic) bond motifs is 1. The third-order valence-electron chi connectivity index (χ3n) is 5.30. The van der Waals surface area contributed by atoms with Crippen LogP contribution >= 0.6 is 0 Å². The van der Waals surface area contributed by atoms with Gasteiger partial charge in [-0.25, -0.2) is 13.4 Å². The van der Waals surface area contributed by atoms with E-state index in [2.05, 4.69) is 15.5 Å². The summed E-state index contributed by atoms with van der Waals surface area (Å²) in [6, 6.07) is 8.13. The summed E-state index contributed by atoms with van der Waals surface area (Å²) in [5.41, 5.74) is 2.09. The van der Waals surface area contributed by atoms with E-state index in [0.29, 0.717) is 6.54 Å². The molecule has 1 aromatic heterocycles. The van der Waals surface area contributed by atoms with Crippen molar-refractivity contribution >= 4 is 27.0 Å². The molecule has 0 radical (unpaired) electrons. The van der Waals surface area contributed by atoms with Crippen LogP contribution in [0, 0.1) is 0 Å². The predicted octanol–water partition coefficient (Wildman–Crippen LogP) is 1.97. The standard InChI is InChI=1S/C17H24N4O2S/c1-19-16-8-4-3-7-15(16)18-17(19)21-11-5-6-13(12-21)20(2)24(22,23)14-9-10-14/h3-4,7-8,13-14H,5-6,9-12H2,1-2H3. The zero-order valence-corrected chi connectivity index (χ0v) is 15.0. The number of rotatable bonds is 4. The normalized spacial score (nSPS) is 22.5. The second-order valence-electron chi connectivity index (χ2n) is 6.96. The summed E-state index contributed by atoms with van der Waals surface area (Å²) in [6.45, 7) is 1.63. The highest BCUT2D eigenvalue weighted by molar-refractivity contribution is 7.90. The molecule has 24 heavy (non-hydrogen) atoms. The van der Waals surface area contributed by atoms with Gasteiger partial charge in [0.05, 0.1) is 16.3 Å². The molecule has 2 fully saturated rings. The average Bonchev–Trinajstić information content (AvgIpc) is 3.40. The van der Waals surface area contributed by atoms with Crippen LogP contribution in [0.3, 0.4) is 0 Å². The van der Waals surface area contributed by atoms with Crippen molar-refractivity contribution < 1.29 is 8.42 Å². The maximum absolute atomic E-state index is 12.5. The summed E-state index contributed by atoms with van der Waals surface area (Å²) in [5, 5.41) is -0.145. The molecular weight excluding hydrogens is 324 g/mol. The van der Waals surface area contributed by atoms with Gasteiger partial charge in [0.15, 0.2) is 0 Å². The molecule has 1 aromatic carbocycles. The van der Waals surface area contributed by atoms with Crippen LogP contribution in [0.15, 0.2) is 24.3 Å². The number of aryl methyl sites for hydroxylation is 1. The molecule has 2 aliphatic rings. The summed E-state index contributed by atoms with van der Waals surface area (Å²) >= 11 is 0. The fourth-order valence-electron chi connectivity index (χ4n) is 3.66. The lowest BCUT2D eigenvalue weighted by Gasteiger charge is -2.37. The van der Waals surface area contributed by atoms with E-state index in [-0.39, 0.29) is 11.3 Å². The van der Waals surface area contributed by atoms with Crippen LogP contribution in [0.4, 0.5) is 5.95 Å². The van der Waals surface area contributed by atoms with Crippen LogP contribution < -0.4 is 4.90 Å². The first kappa shape index (κ1) is 15.9. The lowest BCUT2D eigenvalue weighted by molar-refractivity contribution is 0.317. The Balaban J connectivity index is 1.59. The van der Waals surface area contributed by atoms with Crippen molar-refractivity contribution in [2.24, 2.45) is 7.05 Å². The van der Waals surface area contributed by atoms with Crippen molar-refractivity contribution in [3.05, 3.63) is 24.3 Å². The lowest BCUT2D eigenvalue weighted by Crippen LogP contribution is -2.49. The van der Waals surface area contributed by atoms with Gasteiger partial charge in [0, 0.05) is 33.2 Å². The molecule has 0 N–H and O–H groups in total. The third-order valence-corrected chi connectivity index (χ3v) is 7.72. The van der Waals surface area contributed by atoms with E-state index in [1.165, 1.54) is 0 Å². The molecule has 130 valence electrons. The Kier molecular flexibility index (Phi) is 3.80. The zero-order valence-electron chi connectivity index (χ0n) is 14.2. The van der Waals surface area contributed by atoms with Gasteiger partial charge >= 0.3 is 0 Å². The summed E-state index contributed by atoms with van der Waals surface area (Å²) in [4.78, 5) is 6.99. The van der Waals surface area contributed by atoms with Crippen LogP contribution in [0.2, 0.25) is 0 Å². The molecular formula is C17H24N4O2S. The van der Waals surface area contributed by atoms with Crippen LogP contribution in [-0.2, 0) is 17.1 Å². The number of hydrogen-bond donors (Lipinski definition) is 0. The minimum Gasteiger partial charge on any atom is -0.341 e. The van der Waals surface area contributed by atoms with E-state index < -0.39 is 10.0 Å². The molecule has 2 aromatic rings. The van der Waals surface area contributed by atoms with Gasteiger partial charge < -0.3 is 9.47 Å². The SMILES string of the molecule is CN(C1CCCN(c2nc3ccccc3n2C)C1)S(=O)(=O)C1CC1. The molecule has 1 unspecified atom stereocenters. The van der Waals surface area contributed by atoms with E-state index in [0.717, 1.165) is 49.2 Å². The minimum atomic E-state index is -3.13. The van der Waals surface area contributed by atoms with E-state index in [4.69, 9.17) is 4.98 Å². The molecule has 1 atom stereocenters. The first-order valence-electron chi connectivity index (χ1n) is 8.62. The number of para-hydroxylation sites is 2. The van der Waals surface area contributed by atoms with Gasteiger partial charge in [0.1, 0.15) is 0 Å². The number of benzene rings is 1. The van der Waals surface area contributed by atoms with Crippen molar-refractivity contribution in [1.29, 1.82) is 0 Å². The maximum atomic E-state index is 12.5. The second-order valence-corrected chi connectivity index (χ2v) is 9.23. The van der Waals surface area contributed by atoms with Crippen molar-refractivity contribution in [3.63, 3.8) is 0 Å². The quantitative estimate of drug-likeness (QED) is 0.848. The summed E-state index contributed by atoms with van der Waals surface area (Å²) < 4.78 is 28.8. The summed E-state index contributed by atoms with van der Waals surface area (Å²) in [7, 11) is 0.647. The van der Waals surface area contributed by atoms with Gasteiger partial charge in [-0.3, -0.25) is 0 Å². The van der Waals surface area contributed by atoms with E-state index >= 15 is 0 Å². The Morgan fingerprint density at radius 1 is 1.21 bits per heavy atom. The molecule has 1 saturated heterocycles. The number of likely N-dealkylation sites (N-methyl/N-ethyl adjacent to an activating group) is 1. The van der Waals surface area contributed by atoms with Crippen molar-refractivity contribution in [2.45, 2.75) is 37.0 Å². The molecule has 1 saturated carbocycles. The number of piperidine rings is 1. The van der Waals surface area contributed by atoms with E-state index in [1.54, 1.807) is 11.4 Å². The van der Waals surface area contributed by atoms with Gasteiger partial charge in [-0.15, -0.1) is 0 Å². The van der Waals surface area contributed by atoms with Gasteiger partial charge in [-0.2, -0.15) is 4.31 Å². The topological polar surface area (TPSA) is 58.4 Å². The molecule has 0 spiro atoms. The number of imidazole rings is 1. The number of sulfonamides is 1. The van der Waals surface area contributed by atoms with Crippen LogP contribution in [0.25, 0.3) is 11.0 Å². The van der Waals surface area contributed by atoms with Crippen molar-refractivity contribution in [1.82, 2.24) is 13.9 Å². The largest absolute Gasteiger partial charge is 0.341 e. The number of anilines is 1. The first-order chi connectivity index (χ1) is 11.5. The highest BCUT2D eigenvalue weighted by atomic mass is 32.2. The monoisotopic (exact) mass is 348 g/mol. The second kappa shape index (κ2) is 5.74. The number of aromatic nitrogens is 2. The molecule has 6 nitrogen and oxygen atoms in total. The predicted molar refractivity (Wildman–Crippen MR) is 95.7 cm³/mol. The molecule has 4 rings (SSSR count). The molecule has 7 heteroatoms. The van der Waals surface area contributed by atoms with E-state index in [9.17, 15) is 8.42 Å². The van der Waals surface area contributed by atoms with Gasteiger partial charge in [0.2, 0.25) is 16.0 Å². The molecule has 1 aliphatic heterocycles. The first-order valence-corrected chi connectivity index (χ1v) is 10.1. The number of hydrogen-bond acceptors (Lipinski definition) is 4. The Hall–Kier alpha value is -1.60. The van der Waals surface area contributed by atoms with Crippen molar-refractivity contribution in [2.75, 3.05) is 25.0 Å². The maximum Gasteiger partial charge on any atom is 0.217 e. The highest BCUT2D eigenvalue weighted by Crippen LogP contribution is 2.33. The Bertz CT molecular complexity index is 857. The Morgan fingerprint density at radius 3 is 2.67 bits per heavy atom. The molecule has 2 heterocycles. The average molecular weight is 348 g/mol. The molecule has 1 aliphatic carbocycles. The van der Waals surface area contributed by atoms with E-state index in [1.807, 2.05) is 25.2 Å². The Morgan fingerprint density at radius 2 is 1.96 bits per heavy atom. The summed E-state index contributed by atoms with van der Waals surface area (Å²) in [6.07, 6.45) is 3.53. The minimum absolute atomic E-state index is 0.0316. The number of nitrogens with zero attached hydrogens (tertiary/aromatic N) is 4. The smallest absolute Gasteiger partial charge is 0.217 e. The van der Waals surface area contributed by atoms with Crippen LogP contribution in [-0.4, -0.2) is 53.7 Å². The molecule has 0 bridgehead atoms. The third kappa shape index (κ3) is 2.59. The highest BCUT2D eigenvalue weighted by Gasteiger charge is 2.42. The van der Waals surface area contributed by atoms with Gasteiger partial charge in [-0.1, -0.05) is 12.1 Å². The summed E-state index contributed by atoms with van der Waals surface area (Å²) in [5.74, 6) is 0.929. The fourth-order valence-corrected chi connectivity index (χ4v) is 5.45. The zero-order chi connectivity index (χ0) is 16.9. The van der Waals surface area contributed by atoms with Gasteiger partial charge in [-0.05, 0) is 37.8 Å². The van der Waals surface area contributed by atoms with Crippen molar-refractivity contribution in [3.8, 4) is 0 Å².